The van der Waals surface area contributed by atoms with Crippen LogP contribution < -0.4 is 21.7 Å². The van der Waals surface area contributed by atoms with E-state index in [1.165, 1.54) is 19.2 Å². The lowest BCUT2D eigenvalue weighted by Gasteiger charge is -2.27. The third-order valence-corrected chi connectivity index (χ3v) is 4.47. The van der Waals surface area contributed by atoms with Gasteiger partial charge in [-0.1, -0.05) is 24.3 Å². The van der Waals surface area contributed by atoms with Crippen LogP contribution in [-0.2, 0) is 15.1 Å². The molecule has 6 N–H and O–H groups in total. The molecule has 0 radical (unpaired) electrons. The van der Waals surface area contributed by atoms with Gasteiger partial charge in [0, 0.05) is 12.7 Å². The van der Waals surface area contributed by atoms with Crippen LogP contribution >= 0.6 is 0 Å². The molecule has 0 fully saturated rings. The average Bonchev–Trinajstić information content (AvgIpc) is 3.14. The maximum atomic E-state index is 12.3. The van der Waals surface area contributed by atoms with Crippen molar-refractivity contribution in [3.05, 3.63) is 59.7 Å². The SMILES string of the molecule is CNC(=O)C1=NCNC1(C(N)=O)c1ccc(NC(=O)c2ccccc2O)cc1. The van der Waals surface area contributed by atoms with Gasteiger partial charge in [-0.25, -0.2) is 0 Å². The maximum absolute atomic E-state index is 12.3. The van der Waals surface area contributed by atoms with E-state index in [1.807, 2.05) is 0 Å². The summed E-state index contributed by atoms with van der Waals surface area (Å²) in [6, 6.07) is 12.4. The van der Waals surface area contributed by atoms with Crippen molar-refractivity contribution in [2.75, 3.05) is 19.0 Å². The van der Waals surface area contributed by atoms with Gasteiger partial charge in [0.2, 0.25) is 5.91 Å². The molecule has 0 saturated carbocycles. The summed E-state index contributed by atoms with van der Waals surface area (Å²) < 4.78 is 0. The second-order valence-electron chi connectivity index (χ2n) is 6.08. The number of aliphatic imine (C=N–C) groups is 1. The summed E-state index contributed by atoms with van der Waals surface area (Å²) in [6.45, 7) is 0.0669. The van der Waals surface area contributed by atoms with Crippen LogP contribution in [0.2, 0.25) is 0 Å². The Bertz CT molecular complexity index is 971. The summed E-state index contributed by atoms with van der Waals surface area (Å²) in [6.07, 6.45) is 0. The monoisotopic (exact) mass is 381 g/mol. The zero-order valence-corrected chi connectivity index (χ0v) is 15.0. The molecule has 9 nitrogen and oxygen atoms in total. The van der Waals surface area contributed by atoms with Gasteiger partial charge in [-0.2, -0.15) is 0 Å². The molecular formula is C19H19N5O4. The number of hydrogen-bond acceptors (Lipinski definition) is 6. The molecule has 9 heteroatoms. The van der Waals surface area contributed by atoms with Gasteiger partial charge in [0.15, 0.2) is 5.54 Å². The van der Waals surface area contributed by atoms with Crippen LogP contribution in [0.5, 0.6) is 5.75 Å². The molecule has 0 aliphatic carbocycles. The topological polar surface area (TPSA) is 146 Å². The number of carbonyl (C=O) groups excluding carboxylic acids is 3. The minimum atomic E-state index is -1.56. The van der Waals surface area contributed by atoms with Crippen molar-refractivity contribution in [3.8, 4) is 5.75 Å². The number of nitrogens with one attached hydrogen (secondary N) is 3. The summed E-state index contributed by atoms with van der Waals surface area (Å²) in [7, 11) is 1.44. The smallest absolute Gasteiger partial charge is 0.267 e. The van der Waals surface area contributed by atoms with Gasteiger partial charge < -0.3 is 21.5 Å². The average molecular weight is 381 g/mol. The van der Waals surface area contributed by atoms with E-state index in [1.54, 1.807) is 36.4 Å². The highest BCUT2D eigenvalue weighted by atomic mass is 16.3. The number of benzene rings is 2. The first-order valence-electron chi connectivity index (χ1n) is 8.42. The van der Waals surface area contributed by atoms with Crippen molar-refractivity contribution in [2.45, 2.75) is 5.54 Å². The van der Waals surface area contributed by atoms with Crippen molar-refractivity contribution in [3.63, 3.8) is 0 Å². The van der Waals surface area contributed by atoms with E-state index in [0.717, 1.165) is 0 Å². The second-order valence-corrected chi connectivity index (χ2v) is 6.08. The number of carbonyl (C=O) groups is 3. The molecule has 1 heterocycles. The standard InChI is InChI=1S/C19H19N5O4/c1-21-17(27)15-19(18(20)28,23-10-22-15)11-6-8-12(9-7-11)24-16(26)13-4-2-3-5-14(13)25/h2-9,23,25H,10H2,1H3,(H2,20,28)(H,21,27)(H,24,26). The molecule has 3 amide bonds. The lowest BCUT2D eigenvalue weighted by Crippen LogP contribution is -2.58. The van der Waals surface area contributed by atoms with Gasteiger partial charge in [0.05, 0.1) is 12.2 Å². The predicted octanol–water partition coefficient (Wildman–Crippen LogP) is 0.0728. The third-order valence-electron chi connectivity index (χ3n) is 4.47. The summed E-state index contributed by atoms with van der Waals surface area (Å²) in [5.74, 6) is -1.90. The molecule has 2 aromatic carbocycles. The zero-order valence-electron chi connectivity index (χ0n) is 15.0. The van der Waals surface area contributed by atoms with Crippen LogP contribution in [0.1, 0.15) is 15.9 Å². The fraction of sp³-hybridized carbons (Fsp3) is 0.158. The second kappa shape index (κ2) is 7.49. The van der Waals surface area contributed by atoms with Gasteiger partial charge in [-0.05, 0) is 29.8 Å². The van der Waals surface area contributed by atoms with Crippen molar-refractivity contribution in [1.82, 2.24) is 10.6 Å². The number of anilines is 1. The van der Waals surface area contributed by atoms with E-state index >= 15 is 0 Å². The number of amides is 3. The first kappa shape index (κ1) is 19.1. The summed E-state index contributed by atoms with van der Waals surface area (Å²) >= 11 is 0. The number of hydrogen-bond donors (Lipinski definition) is 5. The van der Waals surface area contributed by atoms with Gasteiger partial charge in [-0.3, -0.25) is 24.7 Å². The normalized spacial score (nSPS) is 18.2. The van der Waals surface area contributed by atoms with Crippen molar-refractivity contribution in [1.29, 1.82) is 0 Å². The van der Waals surface area contributed by atoms with Gasteiger partial charge in [0.1, 0.15) is 11.5 Å². The van der Waals surface area contributed by atoms with Crippen LogP contribution in [0.3, 0.4) is 0 Å². The minimum absolute atomic E-state index is 0.0199. The Balaban J connectivity index is 1.88. The highest BCUT2D eigenvalue weighted by Gasteiger charge is 2.49. The van der Waals surface area contributed by atoms with Crippen LogP contribution in [0.25, 0.3) is 0 Å². The van der Waals surface area contributed by atoms with E-state index in [4.69, 9.17) is 5.73 Å². The Hall–Kier alpha value is -3.72. The molecule has 144 valence electrons. The van der Waals surface area contributed by atoms with Gasteiger partial charge in [0.25, 0.3) is 11.8 Å². The van der Waals surface area contributed by atoms with Crippen molar-refractivity contribution < 1.29 is 19.5 Å². The lowest BCUT2D eigenvalue weighted by molar-refractivity contribution is -0.123. The number of phenolic OH excluding ortho intramolecular Hbond substituents is 1. The van der Waals surface area contributed by atoms with Crippen LogP contribution in [0, 0.1) is 0 Å². The maximum Gasteiger partial charge on any atom is 0.267 e. The van der Waals surface area contributed by atoms with E-state index in [2.05, 4.69) is 20.9 Å². The van der Waals surface area contributed by atoms with Crippen molar-refractivity contribution >= 4 is 29.1 Å². The molecule has 28 heavy (non-hydrogen) atoms. The summed E-state index contributed by atoms with van der Waals surface area (Å²) in [5, 5.41) is 17.8. The molecule has 1 aliphatic rings. The number of primary amides is 1. The van der Waals surface area contributed by atoms with E-state index in [-0.39, 0.29) is 23.7 Å². The number of phenols is 1. The van der Waals surface area contributed by atoms with Gasteiger partial charge in [-0.15, -0.1) is 0 Å². The van der Waals surface area contributed by atoms with Gasteiger partial charge >= 0.3 is 0 Å². The number of nitrogens with zero attached hydrogens (tertiary/aromatic N) is 1. The number of rotatable bonds is 5. The first-order valence-corrected chi connectivity index (χ1v) is 8.42. The minimum Gasteiger partial charge on any atom is -0.507 e. The molecular weight excluding hydrogens is 362 g/mol. The lowest BCUT2D eigenvalue weighted by atomic mass is 9.84. The number of nitrogens with two attached hydrogens (primary N) is 1. The van der Waals surface area contributed by atoms with Crippen LogP contribution in [0.15, 0.2) is 53.5 Å². The first-order chi connectivity index (χ1) is 13.4. The zero-order chi connectivity index (χ0) is 20.3. The highest BCUT2D eigenvalue weighted by Crippen LogP contribution is 2.28. The third kappa shape index (κ3) is 3.19. The number of aromatic hydroxyl groups is 1. The van der Waals surface area contributed by atoms with E-state index in [9.17, 15) is 19.5 Å². The Kier molecular flexibility index (Phi) is 5.10. The quantitative estimate of drug-likeness (QED) is 0.498. The van der Waals surface area contributed by atoms with Crippen LogP contribution in [0.4, 0.5) is 5.69 Å². The molecule has 1 atom stereocenters. The molecule has 2 aromatic rings. The summed E-state index contributed by atoms with van der Waals surface area (Å²) in [4.78, 5) is 40.8. The summed E-state index contributed by atoms with van der Waals surface area (Å²) in [5.41, 5.74) is 5.01. The van der Waals surface area contributed by atoms with E-state index < -0.39 is 23.3 Å². The fourth-order valence-electron chi connectivity index (χ4n) is 3.05. The predicted molar refractivity (Wildman–Crippen MR) is 103 cm³/mol. The Morgan fingerprint density at radius 1 is 1.11 bits per heavy atom. The highest BCUT2D eigenvalue weighted by molar-refractivity contribution is 6.47. The fourth-order valence-corrected chi connectivity index (χ4v) is 3.05. The van der Waals surface area contributed by atoms with Crippen LogP contribution in [-0.4, -0.2) is 42.3 Å². The Morgan fingerprint density at radius 3 is 2.39 bits per heavy atom. The molecule has 0 spiro atoms. The Morgan fingerprint density at radius 2 is 1.79 bits per heavy atom. The number of para-hydroxylation sites is 1. The molecule has 0 saturated heterocycles. The molecule has 1 unspecified atom stereocenters. The van der Waals surface area contributed by atoms with Crippen molar-refractivity contribution in [2.24, 2.45) is 10.7 Å². The molecule has 0 aromatic heterocycles. The van der Waals surface area contributed by atoms with E-state index in [0.29, 0.717) is 11.3 Å². The Labute approximate surface area is 160 Å². The molecule has 1 aliphatic heterocycles. The molecule has 3 rings (SSSR count). The molecule has 0 bridgehead atoms. The largest absolute Gasteiger partial charge is 0.507 e.